The van der Waals surface area contributed by atoms with Gasteiger partial charge in [-0.3, -0.25) is 9.59 Å². The first kappa shape index (κ1) is 25.3. The first-order valence-electron chi connectivity index (χ1n) is 11.2. The van der Waals surface area contributed by atoms with Crippen molar-refractivity contribution in [2.75, 3.05) is 0 Å². The average molecular weight is 529 g/mol. The zero-order chi connectivity index (χ0) is 25.7. The maximum atomic E-state index is 12.0. The van der Waals surface area contributed by atoms with Crippen molar-refractivity contribution in [2.24, 2.45) is 20.5 Å². The van der Waals surface area contributed by atoms with Crippen LogP contribution in [0.2, 0.25) is 10.0 Å². The van der Waals surface area contributed by atoms with Crippen LogP contribution in [-0.4, -0.2) is 32.0 Å². The van der Waals surface area contributed by atoms with Gasteiger partial charge >= 0.3 is 0 Å². The molecule has 10 nitrogen and oxygen atoms in total. The van der Waals surface area contributed by atoms with Gasteiger partial charge in [0.25, 0.3) is 11.8 Å². The number of carbonyl (C=O) groups excluding carboxylic acids is 2. The number of unbranched alkanes of at least 4 members (excludes halogenated alkanes) is 3. The standard InChI is InChI=1S/C24H22Cl2N6O4/c25-13-7-9-17-15(11-13)21(23(35)27-17)31-29-19(33)5-3-1-2-4-6-20(34)30-32-22-16-12-14(26)8-10-18(16)28-24(22)36/h7-12,27-28,35-36H,1-6H2. The van der Waals surface area contributed by atoms with E-state index in [0.717, 1.165) is 12.8 Å². The van der Waals surface area contributed by atoms with E-state index in [4.69, 9.17) is 23.2 Å². The van der Waals surface area contributed by atoms with Gasteiger partial charge in [0.15, 0.2) is 11.4 Å². The number of benzene rings is 2. The van der Waals surface area contributed by atoms with Crippen LogP contribution in [0.1, 0.15) is 38.5 Å². The minimum Gasteiger partial charge on any atom is -0.493 e. The normalized spacial score (nSPS) is 11.9. The molecule has 2 heterocycles. The number of nitrogens with zero attached hydrogens (tertiary/aromatic N) is 4. The number of fused-ring (bicyclic) bond motifs is 2. The van der Waals surface area contributed by atoms with E-state index in [9.17, 15) is 19.8 Å². The Labute approximate surface area is 215 Å². The molecule has 4 aromatic rings. The van der Waals surface area contributed by atoms with Crippen molar-refractivity contribution in [3.8, 4) is 11.8 Å². The smallest absolute Gasteiger partial charge is 0.264 e. The van der Waals surface area contributed by atoms with E-state index in [1.165, 1.54) is 0 Å². The molecule has 0 atom stereocenters. The molecule has 2 amide bonds. The van der Waals surface area contributed by atoms with Crippen LogP contribution in [0.25, 0.3) is 21.8 Å². The highest BCUT2D eigenvalue weighted by Gasteiger charge is 2.13. The third-order valence-corrected chi connectivity index (χ3v) is 5.95. The van der Waals surface area contributed by atoms with Gasteiger partial charge < -0.3 is 20.2 Å². The second-order valence-electron chi connectivity index (χ2n) is 8.13. The van der Waals surface area contributed by atoms with E-state index in [1.807, 2.05) is 0 Å². The lowest BCUT2D eigenvalue weighted by molar-refractivity contribution is -0.119. The molecule has 4 rings (SSSR count). The lowest BCUT2D eigenvalue weighted by Gasteiger charge is -1.98. The lowest BCUT2D eigenvalue weighted by atomic mass is 10.1. The van der Waals surface area contributed by atoms with Crippen LogP contribution in [0.5, 0.6) is 11.8 Å². The molecule has 12 heteroatoms. The number of halogens is 2. The van der Waals surface area contributed by atoms with Crippen molar-refractivity contribution in [1.29, 1.82) is 0 Å². The Bertz CT molecular complexity index is 1380. The maximum Gasteiger partial charge on any atom is 0.264 e. The molecule has 0 aliphatic rings. The lowest BCUT2D eigenvalue weighted by Crippen LogP contribution is -1.94. The Morgan fingerprint density at radius 3 is 1.53 bits per heavy atom. The molecule has 0 fully saturated rings. The SMILES string of the molecule is O=C(CCCCCCC(=O)N=Nc1c(O)[nH]c2ccc(Cl)cc12)N=Nc1c(O)[nH]c2ccc(Cl)cc12. The summed E-state index contributed by atoms with van der Waals surface area (Å²) in [4.78, 5) is 29.6. The zero-order valence-electron chi connectivity index (χ0n) is 19.0. The average Bonchev–Trinajstić information content (AvgIpc) is 3.32. The molecule has 0 saturated carbocycles. The molecule has 0 spiro atoms. The number of aromatic hydroxyl groups is 2. The number of amides is 2. The summed E-state index contributed by atoms with van der Waals surface area (Å²) in [5.41, 5.74) is 1.60. The van der Waals surface area contributed by atoms with Crippen molar-refractivity contribution < 1.29 is 19.8 Å². The number of aromatic amines is 2. The van der Waals surface area contributed by atoms with Crippen molar-refractivity contribution in [3.63, 3.8) is 0 Å². The van der Waals surface area contributed by atoms with E-state index < -0.39 is 11.8 Å². The van der Waals surface area contributed by atoms with E-state index in [-0.39, 0.29) is 36.0 Å². The molecule has 4 N–H and O–H groups in total. The number of nitrogens with one attached hydrogen (secondary N) is 2. The Morgan fingerprint density at radius 1 is 0.694 bits per heavy atom. The Balaban J connectivity index is 1.18. The molecule has 0 bridgehead atoms. The maximum absolute atomic E-state index is 12.0. The second kappa shape index (κ2) is 11.3. The number of hydrogen-bond acceptors (Lipinski definition) is 6. The highest BCUT2D eigenvalue weighted by atomic mass is 35.5. The largest absolute Gasteiger partial charge is 0.493 e. The fraction of sp³-hybridized carbons (Fsp3) is 0.250. The molecule has 0 radical (unpaired) electrons. The predicted octanol–water partition coefficient (Wildman–Crippen LogP) is 7.63. The molecule has 36 heavy (non-hydrogen) atoms. The fourth-order valence-corrected chi connectivity index (χ4v) is 4.04. The van der Waals surface area contributed by atoms with Crippen LogP contribution in [0, 0.1) is 0 Å². The van der Waals surface area contributed by atoms with Crippen LogP contribution in [-0.2, 0) is 9.59 Å². The Hall–Kier alpha value is -3.76. The van der Waals surface area contributed by atoms with Crippen molar-refractivity contribution >= 4 is 68.2 Å². The highest BCUT2D eigenvalue weighted by molar-refractivity contribution is 6.31. The number of rotatable bonds is 9. The molecule has 0 aliphatic carbocycles. The summed E-state index contributed by atoms with van der Waals surface area (Å²) in [6, 6.07) is 10.0. The van der Waals surface area contributed by atoms with Crippen molar-refractivity contribution in [3.05, 3.63) is 46.4 Å². The number of azo groups is 2. The van der Waals surface area contributed by atoms with Crippen LogP contribution in [0.15, 0.2) is 56.9 Å². The minimum atomic E-state index is -0.408. The van der Waals surface area contributed by atoms with Gasteiger partial charge in [-0.1, -0.05) is 36.0 Å². The summed E-state index contributed by atoms with van der Waals surface area (Å²) in [6.45, 7) is 0. The van der Waals surface area contributed by atoms with Crippen LogP contribution >= 0.6 is 23.2 Å². The molecule has 0 saturated heterocycles. The summed E-state index contributed by atoms with van der Waals surface area (Å²) in [7, 11) is 0. The van der Waals surface area contributed by atoms with Crippen molar-refractivity contribution in [2.45, 2.75) is 38.5 Å². The molecular weight excluding hydrogens is 507 g/mol. The summed E-state index contributed by atoms with van der Waals surface area (Å²) >= 11 is 12.0. The minimum absolute atomic E-state index is 0.164. The van der Waals surface area contributed by atoms with E-state index >= 15 is 0 Å². The number of aromatic nitrogens is 2. The molecule has 0 aliphatic heterocycles. The molecule has 2 aromatic carbocycles. The van der Waals surface area contributed by atoms with E-state index in [2.05, 4.69) is 30.4 Å². The van der Waals surface area contributed by atoms with E-state index in [0.29, 0.717) is 44.7 Å². The van der Waals surface area contributed by atoms with E-state index in [1.54, 1.807) is 36.4 Å². The number of carbonyl (C=O) groups is 2. The summed E-state index contributed by atoms with van der Waals surface area (Å²) < 4.78 is 0. The molecular formula is C24H22Cl2N6O4. The monoisotopic (exact) mass is 528 g/mol. The quantitative estimate of drug-likeness (QED) is 0.130. The Morgan fingerprint density at radius 2 is 1.11 bits per heavy atom. The van der Waals surface area contributed by atoms with Gasteiger partial charge in [0, 0.05) is 33.7 Å². The fourth-order valence-electron chi connectivity index (χ4n) is 3.69. The van der Waals surface area contributed by atoms with Gasteiger partial charge in [-0.05, 0) is 49.2 Å². The van der Waals surface area contributed by atoms with Gasteiger partial charge in [-0.25, -0.2) is 0 Å². The van der Waals surface area contributed by atoms with Gasteiger partial charge in [0.2, 0.25) is 11.8 Å². The molecule has 186 valence electrons. The van der Waals surface area contributed by atoms with Crippen LogP contribution < -0.4 is 0 Å². The van der Waals surface area contributed by atoms with Gasteiger partial charge in [0.1, 0.15) is 0 Å². The zero-order valence-corrected chi connectivity index (χ0v) is 20.5. The summed E-state index contributed by atoms with van der Waals surface area (Å²) in [5.74, 6) is -1.19. The van der Waals surface area contributed by atoms with Crippen LogP contribution in [0.3, 0.4) is 0 Å². The third kappa shape index (κ3) is 6.07. The predicted molar refractivity (Wildman–Crippen MR) is 137 cm³/mol. The second-order valence-corrected chi connectivity index (χ2v) is 9.00. The summed E-state index contributed by atoms with van der Waals surface area (Å²) in [5, 5.41) is 37.2. The highest BCUT2D eigenvalue weighted by Crippen LogP contribution is 2.37. The number of hydrogen-bond donors (Lipinski definition) is 4. The molecule has 0 unspecified atom stereocenters. The third-order valence-electron chi connectivity index (χ3n) is 5.48. The topological polar surface area (TPSA) is 156 Å². The number of H-pyrrole nitrogens is 2. The van der Waals surface area contributed by atoms with Gasteiger partial charge in [-0.2, -0.15) is 0 Å². The molecule has 2 aromatic heterocycles. The first-order chi connectivity index (χ1) is 17.3. The first-order valence-corrected chi connectivity index (χ1v) is 12.0. The summed E-state index contributed by atoms with van der Waals surface area (Å²) in [6.07, 6.45) is 3.02. The van der Waals surface area contributed by atoms with Gasteiger partial charge in [-0.15, -0.1) is 20.5 Å². The Kier molecular flexibility index (Phi) is 7.97. The van der Waals surface area contributed by atoms with Gasteiger partial charge in [0.05, 0.1) is 11.0 Å². The van der Waals surface area contributed by atoms with Crippen LogP contribution in [0.4, 0.5) is 11.4 Å². The van der Waals surface area contributed by atoms with Crippen molar-refractivity contribution in [1.82, 2.24) is 9.97 Å².